The number of amides is 1. The van der Waals surface area contributed by atoms with Crippen LogP contribution in [0.5, 0.6) is 0 Å². The Labute approximate surface area is 207 Å². The Morgan fingerprint density at radius 1 is 1.23 bits per heavy atom. The van der Waals surface area contributed by atoms with Crippen molar-refractivity contribution in [3.8, 4) is 0 Å². The molecule has 1 heterocycles. The number of esters is 1. The zero-order valence-corrected chi connectivity index (χ0v) is 20.3. The van der Waals surface area contributed by atoms with E-state index in [9.17, 15) is 22.8 Å². The highest BCUT2D eigenvalue weighted by Gasteiger charge is 2.55. The van der Waals surface area contributed by atoms with E-state index in [1.165, 1.54) is 0 Å². The van der Waals surface area contributed by atoms with Crippen LogP contribution in [0, 0.1) is 6.92 Å². The fraction of sp³-hybridized carbons (Fsp3) is 0.462. The van der Waals surface area contributed by atoms with Gasteiger partial charge in [0.25, 0.3) is 0 Å². The fourth-order valence-electron chi connectivity index (χ4n) is 5.64. The number of hydrogen-bond donors (Lipinski definition) is 1. The van der Waals surface area contributed by atoms with Gasteiger partial charge >= 0.3 is 18.1 Å². The Hall–Kier alpha value is -2.74. The maximum atomic E-state index is 13.1. The molecule has 4 rings (SSSR count). The minimum Gasteiger partial charge on any atom is -0.467 e. The van der Waals surface area contributed by atoms with Crippen molar-refractivity contribution < 1.29 is 27.5 Å². The number of anilines is 1. The van der Waals surface area contributed by atoms with Crippen LogP contribution in [-0.2, 0) is 26.3 Å². The smallest absolute Gasteiger partial charge is 0.467 e. The SMILES string of the molecule is COC(=O)C(C[C@]12CC[C@H](Cl)C[C@H]1N(Cc1ccccc1)c1cc(C)ccc12)NC(=O)C(F)(F)F. The molecule has 1 unspecified atom stereocenters. The molecule has 4 atom stereocenters. The van der Waals surface area contributed by atoms with Crippen molar-refractivity contribution in [2.24, 2.45) is 0 Å². The van der Waals surface area contributed by atoms with Crippen LogP contribution in [0.3, 0.4) is 0 Å². The number of methoxy groups -OCH3 is 1. The van der Waals surface area contributed by atoms with Gasteiger partial charge in [-0.3, -0.25) is 4.79 Å². The van der Waals surface area contributed by atoms with Gasteiger partial charge in [-0.2, -0.15) is 13.2 Å². The van der Waals surface area contributed by atoms with Crippen LogP contribution in [0.1, 0.15) is 42.4 Å². The Kier molecular flexibility index (Phi) is 7.04. The molecule has 0 bridgehead atoms. The van der Waals surface area contributed by atoms with Crippen LogP contribution >= 0.6 is 11.6 Å². The monoisotopic (exact) mass is 508 g/mol. The van der Waals surface area contributed by atoms with E-state index < -0.39 is 29.5 Å². The van der Waals surface area contributed by atoms with Crippen molar-refractivity contribution in [3.05, 3.63) is 65.2 Å². The molecule has 1 amide bonds. The summed E-state index contributed by atoms with van der Waals surface area (Å²) in [5.74, 6) is -3.06. The number of aryl methyl sites for hydroxylation is 1. The Balaban J connectivity index is 1.78. The molecule has 2 aromatic rings. The van der Waals surface area contributed by atoms with E-state index >= 15 is 0 Å². The number of rotatable bonds is 6. The number of fused-ring (bicyclic) bond motifs is 3. The van der Waals surface area contributed by atoms with Gasteiger partial charge in [0, 0.05) is 29.1 Å². The minimum absolute atomic E-state index is 0.0167. The second-order valence-corrected chi connectivity index (χ2v) is 10.0. The molecular weight excluding hydrogens is 481 g/mol. The largest absolute Gasteiger partial charge is 0.471 e. The third kappa shape index (κ3) is 4.99. The maximum absolute atomic E-state index is 13.1. The molecule has 188 valence electrons. The summed E-state index contributed by atoms with van der Waals surface area (Å²) in [6.07, 6.45) is -3.31. The highest BCUT2D eigenvalue weighted by molar-refractivity contribution is 6.20. The van der Waals surface area contributed by atoms with Gasteiger partial charge in [-0.25, -0.2) is 4.79 Å². The summed E-state index contributed by atoms with van der Waals surface area (Å²) in [7, 11) is 1.10. The summed E-state index contributed by atoms with van der Waals surface area (Å²) in [6, 6.07) is 14.3. The maximum Gasteiger partial charge on any atom is 0.471 e. The quantitative estimate of drug-likeness (QED) is 0.439. The third-order valence-corrected chi connectivity index (χ3v) is 7.60. The number of nitrogens with one attached hydrogen (secondary N) is 1. The molecule has 0 aromatic heterocycles. The Morgan fingerprint density at radius 2 is 1.94 bits per heavy atom. The van der Waals surface area contributed by atoms with Gasteiger partial charge in [-0.15, -0.1) is 11.6 Å². The molecule has 1 aliphatic heterocycles. The van der Waals surface area contributed by atoms with E-state index in [4.69, 9.17) is 16.3 Å². The summed E-state index contributed by atoms with van der Waals surface area (Å²) in [5.41, 5.74) is 3.40. The first-order chi connectivity index (χ1) is 16.5. The zero-order chi connectivity index (χ0) is 25.4. The van der Waals surface area contributed by atoms with Crippen molar-refractivity contribution >= 4 is 29.2 Å². The summed E-state index contributed by atoms with van der Waals surface area (Å²) in [4.78, 5) is 26.6. The van der Waals surface area contributed by atoms with Crippen LogP contribution in [0.25, 0.3) is 0 Å². The summed E-state index contributed by atoms with van der Waals surface area (Å²) >= 11 is 6.62. The molecule has 35 heavy (non-hydrogen) atoms. The number of alkyl halides is 4. The molecule has 0 spiro atoms. The number of carbonyl (C=O) groups excluding carboxylic acids is 2. The summed E-state index contributed by atoms with van der Waals surface area (Å²) in [5, 5.41) is 1.78. The van der Waals surface area contributed by atoms with Crippen molar-refractivity contribution in [1.82, 2.24) is 5.32 Å². The van der Waals surface area contributed by atoms with E-state index in [0.717, 1.165) is 29.5 Å². The van der Waals surface area contributed by atoms with E-state index in [0.29, 0.717) is 25.8 Å². The van der Waals surface area contributed by atoms with Crippen molar-refractivity contribution in [3.63, 3.8) is 0 Å². The molecule has 1 fully saturated rings. The topological polar surface area (TPSA) is 58.6 Å². The predicted octanol–water partition coefficient (Wildman–Crippen LogP) is 5.02. The molecule has 2 aromatic carbocycles. The molecule has 0 radical (unpaired) electrons. The number of nitrogens with zero attached hydrogens (tertiary/aromatic N) is 1. The molecule has 5 nitrogen and oxygen atoms in total. The lowest BCUT2D eigenvalue weighted by atomic mass is 9.64. The molecule has 9 heteroatoms. The average molecular weight is 509 g/mol. The lowest BCUT2D eigenvalue weighted by Gasteiger charge is -2.45. The van der Waals surface area contributed by atoms with E-state index in [1.807, 2.05) is 54.7 Å². The molecule has 1 saturated carbocycles. The highest BCUT2D eigenvalue weighted by atomic mass is 35.5. The fourth-order valence-corrected chi connectivity index (χ4v) is 5.92. The number of benzene rings is 2. The molecular formula is C26H28ClF3N2O3. The van der Waals surface area contributed by atoms with Crippen LogP contribution < -0.4 is 10.2 Å². The van der Waals surface area contributed by atoms with Gasteiger partial charge in [0.1, 0.15) is 6.04 Å². The van der Waals surface area contributed by atoms with E-state index in [-0.39, 0.29) is 17.8 Å². The minimum atomic E-state index is -5.11. The molecule has 1 aliphatic carbocycles. The molecule has 2 aliphatic rings. The van der Waals surface area contributed by atoms with Crippen molar-refractivity contribution in [2.45, 2.75) is 68.2 Å². The van der Waals surface area contributed by atoms with Gasteiger partial charge < -0.3 is 15.0 Å². The van der Waals surface area contributed by atoms with Crippen LogP contribution in [0.2, 0.25) is 0 Å². The normalized spacial score (nSPS) is 24.3. The Morgan fingerprint density at radius 3 is 2.60 bits per heavy atom. The van der Waals surface area contributed by atoms with Gasteiger partial charge in [0.05, 0.1) is 7.11 Å². The van der Waals surface area contributed by atoms with Gasteiger partial charge in [-0.1, -0.05) is 42.5 Å². The van der Waals surface area contributed by atoms with Gasteiger partial charge in [0.2, 0.25) is 0 Å². The van der Waals surface area contributed by atoms with Gasteiger partial charge in [-0.05, 0) is 55.4 Å². The number of hydrogen-bond acceptors (Lipinski definition) is 4. The van der Waals surface area contributed by atoms with E-state index in [2.05, 4.69) is 11.0 Å². The lowest BCUT2D eigenvalue weighted by molar-refractivity contribution is -0.176. The predicted molar refractivity (Wildman–Crippen MR) is 127 cm³/mol. The first-order valence-corrected chi connectivity index (χ1v) is 12.0. The average Bonchev–Trinajstić information content (AvgIpc) is 3.06. The molecule has 1 N–H and O–H groups in total. The van der Waals surface area contributed by atoms with Crippen molar-refractivity contribution in [1.29, 1.82) is 0 Å². The summed E-state index contributed by atoms with van der Waals surface area (Å²) in [6.45, 7) is 2.58. The highest BCUT2D eigenvalue weighted by Crippen LogP contribution is 2.56. The zero-order valence-electron chi connectivity index (χ0n) is 19.6. The number of ether oxygens (including phenoxy) is 1. The number of carbonyl (C=O) groups is 2. The van der Waals surface area contributed by atoms with Crippen LogP contribution in [0.4, 0.5) is 18.9 Å². The molecule has 0 saturated heterocycles. The van der Waals surface area contributed by atoms with E-state index in [1.54, 1.807) is 0 Å². The van der Waals surface area contributed by atoms with Crippen molar-refractivity contribution in [2.75, 3.05) is 12.0 Å². The third-order valence-electron chi connectivity index (χ3n) is 7.21. The van der Waals surface area contributed by atoms with Crippen LogP contribution in [0.15, 0.2) is 48.5 Å². The number of halogens is 4. The summed E-state index contributed by atoms with van der Waals surface area (Å²) < 4.78 is 44.0. The van der Waals surface area contributed by atoms with Crippen LogP contribution in [-0.4, -0.2) is 42.6 Å². The second-order valence-electron chi connectivity index (χ2n) is 9.43. The van der Waals surface area contributed by atoms with Gasteiger partial charge in [0.15, 0.2) is 0 Å². The first kappa shape index (κ1) is 25.4. The second kappa shape index (κ2) is 9.72. The Bertz CT molecular complexity index is 1090. The first-order valence-electron chi connectivity index (χ1n) is 11.6. The standard InChI is InChI=1S/C26H28ClF3N2O3/c1-16-8-9-19-21(12-16)32(15-17-6-4-3-5-7-17)22-13-18(27)10-11-25(19,22)14-20(23(33)35-2)31-24(34)26(28,29)30/h3-9,12,18,20,22H,10-11,13-15H2,1-2H3,(H,31,34)/t18-,20?,22+,25-/m0/s1. The lowest BCUT2D eigenvalue weighted by Crippen LogP contribution is -2.55.